The molecule has 1 aromatic rings. The minimum Gasteiger partial charge on any atom is -0.483 e. The lowest BCUT2D eigenvalue weighted by Gasteiger charge is -2.23. The molecule has 132 valence electrons. The summed E-state index contributed by atoms with van der Waals surface area (Å²) >= 11 is 0. The van der Waals surface area contributed by atoms with Crippen LogP contribution in [0.2, 0.25) is 0 Å². The summed E-state index contributed by atoms with van der Waals surface area (Å²) in [7, 11) is 0. The summed E-state index contributed by atoms with van der Waals surface area (Å²) < 4.78 is 13.2. The maximum Gasteiger partial charge on any atom is 0.290 e. The molecule has 1 aromatic heterocycles. The van der Waals surface area contributed by atoms with E-state index in [9.17, 15) is 9.18 Å². The molecule has 3 rings (SSSR count). The topological polar surface area (TPSA) is 73.7 Å². The maximum atomic E-state index is 13.2. The maximum absolute atomic E-state index is 13.2. The van der Waals surface area contributed by atoms with Gasteiger partial charge in [0.2, 0.25) is 5.91 Å². The summed E-state index contributed by atoms with van der Waals surface area (Å²) in [5, 5.41) is 6.89. The molecule has 0 saturated carbocycles. The molecular formula is C17H24FN3O3. The van der Waals surface area contributed by atoms with E-state index >= 15 is 0 Å². The molecule has 1 spiro atoms. The first-order chi connectivity index (χ1) is 11.5. The van der Waals surface area contributed by atoms with Crippen LogP contribution in [0.4, 0.5) is 4.39 Å². The molecule has 0 aromatic carbocycles. The van der Waals surface area contributed by atoms with Gasteiger partial charge in [-0.3, -0.25) is 19.5 Å². The fourth-order valence-electron chi connectivity index (χ4n) is 3.65. The summed E-state index contributed by atoms with van der Waals surface area (Å²) in [5.74, 6) is 0.0247. The zero-order valence-corrected chi connectivity index (χ0v) is 13.9. The Labute approximate surface area is 141 Å². The molecule has 2 aliphatic heterocycles. The summed E-state index contributed by atoms with van der Waals surface area (Å²) in [4.78, 5) is 29.1. The smallest absolute Gasteiger partial charge is 0.290 e. The first-order valence-corrected chi connectivity index (χ1v) is 8.23. The van der Waals surface area contributed by atoms with Crippen molar-refractivity contribution in [2.24, 2.45) is 5.41 Å². The average Bonchev–Trinajstić information content (AvgIpc) is 3.08. The van der Waals surface area contributed by atoms with Gasteiger partial charge in [0, 0.05) is 32.4 Å². The fourth-order valence-corrected chi connectivity index (χ4v) is 3.65. The number of nitrogens with zero attached hydrogens (tertiary/aromatic N) is 3. The molecule has 2 saturated heterocycles. The van der Waals surface area contributed by atoms with E-state index in [0.29, 0.717) is 12.5 Å². The zero-order valence-electron chi connectivity index (χ0n) is 13.9. The number of pyridine rings is 1. The van der Waals surface area contributed by atoms with Gasteiger partial charge in [0.25, 0.3) is 6.47 Å². The number of carboxylic acid groups (broad SMARTS) is 1. The Balaban J connectivity index is 0.000000647. The molecule has 24 heavy (non-hydrogen) atoms. The number of rotatable bonds is 4. The normalized spacial score (nSPS) is 23.4. The van der Waals surface area contributed by atoms with E-state index in [1.807, 2.05) is 4.90 Å². The quantitative estimate of drug-likeness (QED) is 0.848. The first kappa shape index (κ1) is 18.3. The van der Waals surface area contributed by atoms with Crippen molar-refractivity contribution >= 4 is 12.4 Å². The number of aromatic nitrogens is 1. The Morgan fingerprint density at radius 2 is 2.08 bits per heavy atom. The highest BCUT2D eigenvalue weighted by molar-refractivity contribution is 5.85. The third kappa shape index (κ3) is 4.08. The van der Waals surface area contributed by atoms with Crippen molar-refractivity contribution in [1.29, 1.82) is 0 Å². The van der Waals surface area contributed by atoms with Gasteiger partial charge in [0.05, 0.1) is 11.6 Å². The molecule has 2 aliphatic rings. The molecule has 3 heterocycles. The van der Waals surface area contributed by atoms with Gasteiger partial charge >= 0.3 is 0 Å². The van der Waals surface area contributed by atoms with Crippen LogP contribution in [0.5, 0.6) is 0 Å². The van der Waals surface area contributed by atoms with E-state index in [-0.39, 0.29) is 17.7 Å². The number of carbonyl (C=O) groups excluding carboxylic acids is 1. The number of halogens is 1. The van der Waals surface area contributed by atoms with Gasteiger partial charge in [-0.25, -0.2) is 4.39 Å². The molecule has 1 N–H and O–H groups in total. The predicted octanol–water partition coefficient (Wildman–Crippen LogP) is 1.76. The summed E-state index contributed by atoms with van der Waals surface area (Å²) in [6, 6.07) is 1.53. The SMILES string of the molecule is CCCN1CCC2(CCN(Cc3cncc(F)c3)C2)C1=O.O=CO. The second kappa shape index (κ2) is 8.19. The second-order valence-electron chi connectivity index (χ2n) is 6.40. The minimum atomic E-state index is -0.299. The predicted molar refractivity (Wildman–Crippen MR) is 86.7 cm³/mol. The second-order valence-corrected chi connectivity index (χ2v) is 6.40. The third-order valence-electron chi connectivity index (χ3n) is 4.70. The van der Waals surface area contributed by atoms with Gasteiger partial charge in [-0.15, -0.1) is 0 Å². The first-order valence-electron chi connectivity index (χ1n) is 8.23. The summed E-state index contributed by atoms with van der Waals surface area (Å²) in [5.41, 5.74) is 0.693. The lowest BCUT2D eigenvalue weighted by molar-refractivity contribution is -0.135. The van der Waals surface area contributed by atoms with Crippen LogP contribution >= 0.6 is 0 Å². The standard InChI is InChI=1S/C16H22FN3O.CH2O2/c1-2-5-20-7-4-16(15(20)21)3-6-19(12-16)11-13-8-14(17)10-18-9-13;2-1-3/h8-10H,2-7,11-12H2,1H3;1H,(H,2,3). The van der Waals surface area contributed by atoms with Gasteiger partial charge < -0.3 is 10.0 Å². The average molecular weight is 337 g/mol. The van der Waals surface area contributed by atoms with Crippen LogP contribution in [0.25, 0.3) is 0 Å². The van der Waals surface area contributed by atoms with Gasteiger partial charge in [-0.05, 0) is 37.4 Å². The van der Waals surface area contributed by atoms with Crippen LogP contribution in [0.3, 0.4) is 0 Å². The monoisotopic (exact) mass is 337 g/mol. The van der Waals surface area contributed by atoms with Gasteiger partial charge in [0.1, 0.15) is 5.82 Å². The molecule has 2 fully saturated rings. The minimum absolute atomic E-state index is 0.185. The molecule has 7 heteroatoms. The van der Waals surface area contributed by atoms with Crippen molar-refractivity contribution in [3.05, 3.63) is 29.8 Å². The molecule has 6 nitrogen and oxygen atoms in total. The largest absolute Gasteiger partial charge is 0.483 e. The number of hydrogen-bond donors (Lipinski definition) is 1. The van der Waals surface area contributed by atoms with Crippen LogP contribution in [-0.2, 0) is 16.1 Å². The molecule has 0 bridgehead atoms. The Bertz CT molecular complexity index is 584. The van der Waals surface area contributed by atoms with Gasteiger partial charge in [-0.1, -0.05) is 6.92 Å². The Kier molecular flexibility index (Phi) is 6.25. The molecule has 1 amide bonds. The Morgan fingerprint density at radius 3 is 2.75 bits per heavy atom. The molecule has 0 aliphatic carbocycles. The van der Waals surface area contributed by atoms with E-state index in [4.69, 9.17) is 9.90 Å². The van der Waals surface area contributed by atoms with Crippen LogP contribution in [0, 0.1) is 11.2 Å². The van der Waals surface area contributed by atoms with Crippen LogP contribution in [-0.4, -0.2) is 58.4 Å². The van der Waals surface area contributed by atoms with E-state index in [1.165, 1.54) is 12.3 Å². The number of amides is 1. The number of hydrogen-bond acceptors (Lipinski definition) is 4. The zero-order chi connectivity index (χ0) is 17.6. The Morgan fingerprint density at radius 1 is 1.38 bits per heavy atom. The van der Waals surface area contributed by atoms with Crippen molar-refractivity contribution in [2.45, 2.75) is 32.7 Å². The molecular weight excluding hydrogens is 313 g/mol. The Hall–Kier alpha value is -2.02. The van der Waals surface area contributed by atoms with Crippen molar-refractivity contribution in [2.75, 3.05) is 26.2 Å². The third-order valence-corrected chi connectivity index (χ3v) is 4.70. The number of carbonyl (C=O) groups is 2. The van der Waals surface area contributed by atoms with Crippen molar-refractivity contribution in [1.82, 2.24) is 14.8 Å². The van der Waals surface area contributed by atoms with Crippen LogP contribution in [0.1, 0.15) is 31.7 Å². The fraction of sp³-hybridized carbons (Fsp3) is 0.588. The van der Waals surface area contributed by atoms with E-state index in [1.54, 1.807) is 6.20 Å². The highest BCUT2D eigenvalue weighted by atomic mass is 19.1. The molecule has 1 atom stereocenters. The molecule has 1 unspecified atom stereocenters. The van der Waals surface area contributed by atoms with Crippen molar-refractivity contribution in [3.8, 4) is 0 Å². The highest BCUT2D eigenvalue weighted by Gasteiger charge is 2.50. The lowest BCUT2D eigenvalue weighted by Crippen LogP contribution is -2.37. The van der Waals surface area contributed by atoms with Crippen molar-refractivity contribution in [3.63, 3.8) is 0 Å². The van der Waals surface area contributed by atoms with Gasteiger partial charge in [-0.2, -0.15) is 0 Å². The molecule has 0 radical (unpaired) electrons. The summed E-state index contributed by atoms with van der Waals surface area (Å²) in [6.07, 6.45) is 5.82. The van der Waals surface area contributed by atoms with Crippen LogP contribution in [0.15, 0.2) is 18.5 Å². The van der Waals surface area contributed by atoms with E-state index in [0.717, 1.165) is 51.0 Å². The van der Waals surface area contributed by atoms with E-state index < -0.39 is 0 Å². The van der Waals surface area contributed by atoms with Crippen LogP contribution < -0.4 is 0 Å². The van der Waals surface area contributed by atoms with Crippen molar-refractivity contribution < 1.29 is 19.1 Å². The number of likely N-dealkylation sites (tertiary alicyclic amines) is 2. The van der Waals surface area contributed by atoms with Gasteiger partial charge in [0.15, 0.2) is 0 Å². The highest BCUT2D eigenvalue weighted by Crippen LogP contribution is 2.41. The summed E-state index contributed by atoms with van der Waals surface area (Å²) in [6.45, 7) is 5.99. The van der Waals surface area contributed by atoms with E-state index in [2.05, 4.69) is 16.8 Å². The lowest BCUT2D eigenvalue weighted by atomic mass is 9.85.